The lowest BCUT2D eigenvalue weighted by atomic mass is 10.1. The molecule has 0 fully saturated rings. The first kappa shape index (κ1) is 9.97. The molecule has 0 saturated heterocycles. The van der Waals surface area contributed by atoms with Gasteiger partial charge in [0.1, 0.15) is 0 Å². The molecule has 3 rings (SSSR count). The van der Waals surface area contributed by atoms with E-state index < -0.39 is 0 Å². The summed E-state index contributed by atoms with van der Waals surface area (Å²) in [5.74, 6) is 0.779. The van der Waals surface area contributed by atoms with E-state index in [2.05, 4.69) is 28.2 Å². The minimum atomic E-state index is 0.779. The molecule has 0 unspecified atom stereocenters. The molecule has 0 spiro atoms. The molecular formula is C15H12N2. The maximum Gasteiger partial charge on any atom is 0.159 e. The number of hydrogen-bond donors (Lipinski definition) is 0. The van der Waals surface area contributed by atoms with E-state index in [0.29, 0.717) is 0 Å². The van der Waals surface area contributed by atoms with E-state index in [0.717, 1.165) is 23.4 Å². The molecule has 2 heteroatoms. The molecule has 0 saturated carbocycles. The lowest BCUT2D eigenvalue weighted by Crippen LogP contribution is -1.91. The van der Waals surface area contributed by atoms with Crippen LogP contribution in [0.3, 0.4) is 0 Å². The van der Waals surface area contributed by atoms with Crippen molar-refractivity contribution in [3.05, 3.63) is 66.5 Å². The Labute approximate surface area is 100 Å². The van der Waals surface area contributed by atoms with Crippen LogP contribution in [0, 0.1) is 0 Å². The number of nitrogens with zero attached hydrogens (tertiary/aromatic N) is 2. The Hall–Kier alpha value is -2.22. The van der Waals surface area contributed by atoms with Crippen LogP contribution in [0.4, 0.5) is 0 Å². The third-order valence-corrected chi connectivity index (χ3v) is 2.83. The van der Waals surface area contributed by atoms with Gasteiger partial charge < -0.3 is 0 Å². The van der Waals surface area contributed by atoms with Crippen molar-refractivity contribution in [1.29, 1.82) is 0 Å². The summed E-state index contributed by atoms with van der Waals surface area (Å²) < 4.78 is 0. The van der Waals surface area contributed by atoms with Gasteiger partial charge in [-0.3, -0.25) is 0 Å². The van der Waals surface area contributed by atoms with Crippen molar-refractivity contribution in [2.45, 2.75) is 6.42 Å². The molecule has 0 amide bonds. The molecule has 17 heavy (non-hydrogen) atoms. The van der Waals surface area contributed by atoms with Crippen LogP contribution in [0.5, 0.6) is 0 Å². The van der Waals surface area contributed by atoms with Crippen molar-refractivity contribution in [1.82, 2.24) is 9.97 Å². The average Bonchev–Trinajstić information content (AvgIpc) is 2.94. The maximum absolute atomic E-state index is 4.41. The molecule has 0 N–H and O–H groups in total. The van der Waals surface area contributed by atoms with Crippen molar-refractivity contribution in [2.24, 2.45) is 0 Å². The fourth-order valence-electron chi connectivity index (χ4n) is 1.89. The highest BCUT2D eigenvalue weighted by Crippen LogP contribution is 2.23. The zero-order chi connectivity index (χ0) is 11.5. The standard InChI is InChI=1S/C15H12N2/c1-2-8-13(9-3-1)15-16-10-14(11-17-15)12-6-4-5-7-12/h1-6,8-11H,7H2. The highest BCUT2D eigenvalue weighted by molar-refractivity contribution is 5.70. The van der Waals surface area contributed by atoms with Crippen LogP contribution in [0.15, 0.2) is 61.0 Å². The number of rotatable bonds is 2. The predicted octanol–water partition coefficient (Wildman–Crippen LogP) is 3.49. The first-order chi connectivity index (χ1) is 8.43. The first-order valence-electron chi connectivity index (χ1n) is 5.67. The fraction of sp³-hybridized carbons (Fsp3) is 0.0667. The molecule has 82 valence electrons. The van der Waals surface area contributed by atoms with E-state index in [1.807, 2.05) is 42.7 Å². The highest BCUT2D eigenvalue weighted by Gasteiger charge is 2.05. The van der Waals surface area contributed by atoms with Gasteiger partial charge in [0.05, 0.1) is 0 Å². The summed E-state index contributed by atoms with van der Waals surface area (Å²) in [7, 11) is 0. The summed E-state index contributed by atoms with van der Waals surface area (Å²) in [6, 6.07) is 10.0. The smallest absolute Gasteiger partial charge is 0.159 e. The zero-order valence-electron chi connectivity index (χ0n) is 9.38. The van der Waals surface area contributed by atoms with E-state index in [1.54, 1.807) is 0 Å². The molecule has 1 aromatic heterocycles. The van der Waals surface area contributed by atoms with Crippen LogP contribution >= 0.6 is 0 Å². The summed E-state index contributed by atoms with van der Waals surface area (Å²) in [6.45, 7) is 0. The normalized spacial score (nSPS) is 13.8. The van der Waals surface area contributed by atoms with Gasteiger partial charge in [0.2, 0.25) is 0 Å². The Balaban J connectivity index is 1.90. The topological polar surface area (TPSA) is 25.8 Å². The van der Waals surface area contributed by atoms with E-state index >= 15 is 0 Å². The second-order valence-corrected chi connectivity index (χ2v) is 3.99. The third kappa shape index (κ3) is 2.02. The molecular weight excluding hydrogens is 208 g/mol. The van der Waals surface area contributed by atoms with Gasteiger partial charge in [-0.1, -0.05) is 48.6 Å². The van der Waals surface area contributed by atoms with Gasteiger partial charge in [-0.15, -0.1) is 0 Å². The van der Waals surface area contributed by atoms with Crippen molar-refractivity contribution in [2.75, 3.05) is 0 Å². The Bertz CT molecular complexity index is 566. The quantitative estimate of drug-likeness (QED) is 0.774. The molecule has 1 aliphatic rings. The van der Waals surface area contributed by atoms with Crippen molar-refractivity contribution < 1.29 is 0 Å². The van der Waals surface area contributed by atoms with Crippen molar-refractivity contribution in [3.63, 3.8) is 0 Å². The number of hydrogen-bond acceptors (Lipinski definition) is 2. The molecule has 0 bridgehead atoms. The van der Waals surface area contributed by atoms with Gasteiger partial charge in [-0.25, -0.2) is 9.97 Å². The summed E-state index contributed by atoms with van der Waals surface area (Å²) in [5.41, 5.74) is 3.44. The van der Waals surface area contributed by atoms with E-state index in [-0.39, 0.29) is 0 Å². The van der Waals surface area contributed by atoms with Crippen LogP contribution in [0.2, 0.25) is 0 Å². The Morgan fingerprint density at radius 3 is 2.29 bits per heavy atom. The summed E-state index contributed by atoms with van der Waals surface area (Å²) in [4.78, 5) is 8.83. The third-order valence-electron chi connectivity index (χ3n) is 2.83. The van der Waals surface area contributed by atoms with Crippen molar-refractivity contribution in [3.8, 4) is 11.4 Å². The van der Waals surface area contributed by atoms with E-state index in [1.165, 1.54) is 5.57 Å². The lowest BCUT2D eigenvalue weighted by molar-refractivity contribution is 1.15. The second-order valence-electron chi connectivity index (χ2n) is 3.99. The SMILES string of the molecule is C1=CCC(c2cnc(-c3ccccc3)nc2)=C1. The van der Waals surface area contributed by atoms with Crippen LogP contribution < -0.4 is 0 Å². The molecule has 1 aromatic carbocycles. The van der Waals surface area contributed by atoms with Gasteiger partial charge in [0.15, 0.2) is 5.82 Å². The number of benzene rings is 1. The monoisotopic (exact) mass is 220 g/mol. The zero-order valence-corrected chi connectivity index (χ0v) is 9.38. The Kier molecular flexibility index (Phi) is 2.54. The van der Waals surface area contributed by atoms with Gasteiger partial charge in [0.25, 0.3) is 0 Å². The molecule has 2 aromatic rings. The molecule has 1 heterocycles. The van der Waals surface area contributed by atoms with Gasteiger partial charge in [0, 0.05) is 23.5 Å². The van der Waals surface area contributed by atoms with Gasteiger partial charge in [-0.05, 0) is 12.0 Å². The lowest BCUT2D eigenvalue weighted by Gasteiger charge is -2.03. The second kappa shape index (κ2) is 4.34. The van der Waals surface area contributed by atoms with Crippen LogP contribution in [0.25, 0.3) is 17.0 Å². The minimum Gasteiger partial charge on any atom is -0.236 e. The average molecular weight is 220 g/mol. The molecule has 0 atom stereocenters. The largest absolute Gasteiger partial charge is 0.236 e. The van der Waals surface area contributed by atoms with Crippen LogP contribution in [-0.2, 0) is 0 Å². The van der Waals surface area contributed by atoms with E-state index in [9.17, 15) is 0 Å². The van der Waals surface area contributed by atoms with Gasteiger partial charge in [-0.2, -0.15) is 0 Å². The van der Waals surface area contributed by atoms with Crippen molar-refractivity contribution >= 4 is 5.57 Å². The van der Waals surface area contributed by atoms with E-state index in [4.69, 9.17) is 0 Å². The summed E-state index contributed by atoms with van der Waals surface area (Å²) in [6.07, 6.45) is 11.1. The van der Waals surface area contributed by atoms with Crippen LogP contribution in [-0.4, -0.2) is 9.97 Å². The minimum absolute atomic E-state index is 0.779. The molecule has 0 aliphatic heterocycles. The summed E-state index contributed by atoms with van der Waals surface area (Å²) >= 11 is 0. The first-order valence-corrected chi connectivity index (χ1v) is 5.67. The van der Waals surface area contributed by atoms with Gasteiger partial charge >= 0.3 is 0 Å². The maximum atomic E-state index is 4.41. The van der Waals surface area contributed by atoms with Crippen LogP contribution in [0.1, 0.15) is 12.0 Å². The Morgan fingerprint density at radius 2 is 1.65 bits per heavy atom. The number of aromatic nitrogens is 2. The number of allylic oxidation sites excluding steroid dienone is 4. The predicted molar refractivity (Wildman–Crippen MR) is 69.2 cm³/mol. The highest BCUT2D eigenvalue weighted by atomic mass is 14.9. The summed E-state index contributed by atoms with van der Waals surface area (Å²) in [5, 5.41) is 0. The molecule has 2 nitrogen and oxygen atoms in total. The Morgan fingerprint density at radius 1 is 0.882 bits per heavy atom. The molecule has 1 aliphatic carbocycles. The fourth-order valence-corrected chi connectivity index (χ4v) is 1.89. The molecule has 0 radical (unpaired) electrons.